The monoisotopic (exact) mass is 452 g/mol. The Labute approximate surface area is 177 Å². The molecule has 0 N–H and O–H groups in total. The van der Waals surface area contributed by atoms with Crippen LogP contribution >= 0.6 is 11.3 Å². The van der Waals surface area contributed by atoms with E-state index in [2.05, 4.69) is 0 Å². The van der Waals surface area contributed by atoms with Gasteiger partial charge in [-0.1, -0.05) is 23.5 Å². The molecule has 1 aliphatic rings. The van der Waals surface area contributed by atoms with Crippen LogP contribution in [0.3, 0.4) is 0 Å². The van der Waals surface area contributed by atoms with E-state index in [1.54, 1.807) is 0 Å². The van der Waals surface area contributed by atoms with Crippen LogP contribution in [-0.2, 0) is 26.2 Å². The summed E-state index contributed by atoms with van der Waals surface area (Å²) in [6.07, 6.45) is 1.62. The van der Waals surface area contributed by atoms with E-state index in [1.807, 2.05) is 0 Å². The highest BCUT2D eigenvalue weighted by Gasteiger charge is 2.38. The van der Waals surface area contributed by atoms with Crippen molar-refractivity contribution in [1.82, 2.24) is 4.31 Å². The number of carbonyl (C=O) groups excluding carboxylic acids is 2. The molecule has 0 radical (unpaired) electrons. The highest BCUT2D eigenvalue weighted by atomic mass is 32.2. The van der Waals surface area contributed by atoms with Crippen LogP contribution in [0.25, 0.3) is 0 Å². The fourth-order valence-electron chi connectivity index (χ4n) is 3.21. The zero-order valence-electron chi connectivity index (χ0n) is 16.1. The van der Waals surface area contributed by atoms with Gasteiger partial charge in [0.2, 0.25) is 10.0 Å². The molecule has 30 heavy (non-hydrogen) atoms. The second kappa shape index (κ2) is 9.02. The van der Waals surface area contributed by atoms with Crippen molar-refractivity contribution in [2.75, 3.05) is 6.54 Å². The molecule has 0 aliphatic carbocycles. The van der Waals surface area contributed by atoms with Gasteiger partial charge in [-0.05, 0) is 38.3 Å². The van der Waals surface area contributed by atoms with Gasteiger partial charge in [-0.2, -0.15) is 4.31 Å². The normalized spacial score (nSPS) is 17.4. The lowest BCUT2D eigenvalue weighted by atomic mass is 10.1. The maximum absolute atomic E-state index is 13.1. The molecule has 1 aromatic heterocycles. The molecular weight excluding hydrogens is 432 g/mol. The van der Waals surface area contributed by atoms with Crippen LogP contribution in [0, 0.1) is 10.1 Å². The molecule has 9 nitrogen and oxygen atoms in total. The Hall–Kier alpha value is -2.63. The molecule has 160 valence electrons. The molecule has 1 aromatic carbocycles. The van der Waals surface area contributed by atoms with Crippen molar-refractivity contribution in [3.05, 3.63) is 57.0 Å². The van der Waals surface area contributed by atoms with Crippen molar-refractivity contribution in [3.8, 4) is 0 Å². The SMILES string of the molecule is CC(=O)c1ccc(S(=O)(=O)N2CCCCC2C(=O)OCc2csc([N+](=O)[O-])c2)cc1. The molecule has 0 spiro atoms. The molecule has 0 bridgehead atoms. The van der Waals surface area contributed by atoms with Crippen LogP contribution in [-0.4, -0.2) is 42.0 Å². The van der Waals surface area contributed by atoms with Gasteiger partial charge < -0.3 is 4.74 Å². The molecule has 1 atom stereocenters. The standard InChI is InChI=1S/C19H20N2O7S2/c1-13(22)15-5-7-16(8-6-15)30(26,27)20-9-3-2-4-17(20)19(23)28-11-14-10-18(21(24)25)29-12-14/h5-8,10,12,17H,2-4,9,11H2,1H3. The maximum atomic E-state index is 13.1. The van der Waals surface area contributed by atoms with Gasteiger partial charge in [-0.15, -0.1) is 0 Å². The summed E-state index contributed by atoms with van der Waals surface area (Å²) in [5.41, 5.74) is 0.874. The van der Waals surface area contributed by atoms with Crippen LogP contribution in [0.5, 0.6) is 0 Å². The number of hydrogen-bond donors (Lipinski definition) is 0. The van der Waals surface area contributed by atoms with Crippen LogP contribution in [0.15, 0.2) is 40.6 Å². The fourth-order valence-corrected chi connectivity index (χ4v) is 5.57. The number of hydrogen-bond acceptors (Lipinski definition) is 8. The Morgan fingerprint density at radius 2 is 1.97 bits per heavy atom. The molecule has 3 rings (SSSR count). The summed E-state index contributed by atoms with van der Waals surface area (Å²) in [6.45, 7) is 1.41. The Kier molecular flexibility index (Phi) is 6.64. The first-order valence-corrected chi connectivity index (χ1v) is 11.5. The first-order valence-electron chi connectivity index (χ1n) is 9.21. The number of esters is 1. The van der Waals surface area contributed by atoms with Gasteiger partial charge in [0.05, 0.1) is 9.82 Å². The summed E-state index contributed by atoms with van der Waals surface area (Å²) in [7, 11) is -3.95. The average Bonchev–Trinajstić information content (AvgIpc) is 3.21. The minimum atomic E-state index is -3.95. The van der Waals surface area contributed by atoms with E-state index in [0.717, 1.165) is 15.6 Å². The van der Waals surface area contributed by atoms with Crippen LogP contribution < -0.4 is 0 Å². The first kappa shape index (κ1) is 22.1. The van der Waals surface area contributed by atoms with Gasteiger partial charge in [-0.3, -0.25) is 19.7 Å². The topological polar surface area (TPSA) is 124 Å². The number of ether oxygens (including phenoxy) is 1. The predicted octanol–water partition coefficient (Wildman–Crippen LogP) is 3.15. The van der Waals surface area contributed by atoms with E-state index in [9.17, 15) is 28.1 Å². The molecule has 2 heterocycles. The smallest absolute Gasteiger partial charge is 0.324 e. The Morgan fingerprint density at radius 3 is 2.57 bits per heavy atom. The summed E-state index contributed by atoms with van der Waals surface area (Å²) in [4.78, 5) is 34.3. The van der Waals surface area contributed by atoms with Crippen molar-refractivity contribution in [1.29, 1.82) is 0 Å². The van der Waals surface area contributed by atoms with Gasteiger partial charge in [0, 0.05) is 29.1 Å². The van der Waals surface area contributed by atoms with Crippen molar-refractivity contribution < 1.29 is 27.7 Å². The molecule has 1 unspecified atom stereocenters. The number of nitro groups is 1. The minimum Gasteiger partial charge on any atom is -0.460 e. The van der Waals surface area contributed by atoms with Crippen molar-refractivity contribution in [2.24, 2.45) is 0 Å². The Balaban J connectivity index is 1.74. The summed E-state index contributed by atoms with van der Waals surface area (Å²) >= 11 is 0.929. The van der Waals surface area contributed by atoms with Crippen molar-refractivity contribution >= 4 is 38.1 Å². The summed E-state index contributed by atoms with van der Waals surface area (Å²) in [5.74, 6) is -0.862. The van der Waals surface area contributed by atoms with Gasteiger partial charge in [0.25, 0.3) is 0 Å². The highest BCUT2D eigenvalue weighted by molar-refractivity contribution is 7.89. The number of Topliss-reactive ketones (excluding diaryl/α,β-unsaturated/α-hetero) is 1. The third kappa shape index (κ3) is 4.74. The quantitative estimate of drug-likeness (QED) is 0.273. The lowest BCUT2D eigenvalue weighted by Crippen LogP contribution is -2.48. The fraction of sp³-hybridized carbons (Fsp3) is 0.368. The largest absolute Gasteiger partial charge is 0.460 e. The van der Waals surface area contributed by atoms with Crippen LogP contribution in [0.1, 0.15) is 42.1 Å². The van der Waals surface area contributed by atoms with E-state index < -0.39 is 27.0 Å². The molecule has 1 fully saturated rings. The number of nitrogens with zero attached hydrogens (tertiary/aromatic N) is 2. The number of carbonyl (C=O) groups is 2. The molecule has 0 saturated carbocycles. The zero-order valence-corrected chi connectivity index (χ0v) is 17.8. The number of piperidine rings is 1. The van der Waals surface area contributed by atoms with E-state index in [1.165, 1.54) is 42.6 Å². The number of sulfonamides is 1. The number of benzene rings is 1. The second-order valence-electron chi connectivity index (χ2n) is 6.87. The second-order valence-corrected chi connectivity index (χ2v) is 9.65. The van der Waals surface area contributed by atoms with Crippen LogP contribution in [0.2, 0.25) is 0 Å². The number of rotatable bonds is 7. The number of thiophene rings is 1. The van der Waals surface area contributed by atoms with E-state index in [4.69, 9.17) is 4.74 Å². The molecule has 1 aliphatic heterocycles. The third-order valence-electron chi connectivity index (χ3n) is 4.79. The maximum Gasteiger partial charge on any atom is 0.324 e. The summed E-state index contributed by atoms with van der Waals surface area (Å²) < 4.78 is 32.6. The Morgan fingerprint density at radius 1 is 1.27 bits per heavy atom. The summed E-state index contributed by atoms with van der Waals surface area (Å²) in [5, 5.41) is 12.2. The van der Waals surface area contributed by atoms with Crippen molar-refractivity contribution in [3.63, 3.8) is 0 Å². The predicted molar refractivity (Wildman–Crippen MR) is 109 cm³/mol. The lowest BCUT2D eigenvalue weighted by Gasteiger charge is -2.33. The van der Waals surface area contributed by atoms with E-state index in [0.29, 0.717) is 30.4 Å². The van der Waals surface area contributed by atoms with Crippen molar-refractivity contribution in [2.45, 2.75) is 43.7 Å². The van der Waals surface area contributed by atoms with Gasteiger partial charge in [0.1, 0.15) is 12.6 Å². The number of ketones is 1. The lowest BCUT2D eigenvalue weighted by molar-refractivity contribution is -0.380. The minimum absolute atomic E-state index is 0.000611. The average molecular weight is 453 g/mol. The van der Waals surface area contributed by atoms with E-state index in [-0.39, 0.29) is 28.8 Å². The van der Waals surface area contributed by atoms with Gasteiger partial charge >= 0.3 is 11.0 Å². The van der Waals surface area contributed by atoms with E-state index >= 15 is 0 Å². The Bertz CT molecular complexity index is 1060. The van der Waals surface area contributed by atoms with Crippen LogP contribution in [0.4, 0.5) is 5.00 Å². The van der Waals surface area contributed by atoms with Gasteiger partial charge in [0.15, 0.2) is 5.78 Å². The molecule has 11 heteroatoms. The molecular formula is C19H20N2O7S2. The third-order valence-corrected chi connectivity index (χ3v) is 7.65. The highest BCUT2D eigenvalue weighted by Crippen LogP contribution is 2.28. The zero-order chi connectivity index (χ0) is 21.9. The van der Waals surface area contributed by atoms with Gasteiger partial charge in [-0.25, -0.2) is 8.42 Å². The first-order chi connectivity index (χ1) is 14.2. The summed E-state index contributed by atoms with van der Waals surface area (Å²) in [6, 6.07) is 5.95. The molecule has 0 amide bonds. The molecule has 1 saturated heterocycles. The molecule has 2 aromatic rings.